The number of nitro benzene ring substituents is 1. The van der Waals surface area contributed by atoms with E-state index in [-0.39, 0.29) is 6.07 Å². The molecule has 180 valence electrons. The van der Waals surface area contributed by atoms with Crippen LogP contribution in [0.1, 0.15) is 21.5 Å². The number of hydrogen-bond acceptors (Lipinski definition) is 4. The second kappa shape index (κ2) is 8.39. The fraction of sp³-hybridized carbons (Fsp3) is 0.235. The molecule has 0 aliphatic heterocycles. The molecule has 16 heteroatoms. The van der Waals surface area contributed by atoms with Crippen molar-refractivity contribution in [2.45, 2.75) is 29.1 Å². The van der Waals surface area contributed by atoms with E-state index in [9.17, 15) is 58.8 Å². The molecule has 0 bridgehead atoms. The van der Waals surface area contributed by atoms with Crippen LogP contribution in [0.4, 0.5) is 55.3 Å². The van der Waals surface area contributed by atoms with Gasteiger partial charge in [-0.25, -0.2) is 4.39 Å². The molecular formula is C17H8F10N2O3S. The van der Waals surface area contributed by atoms with E-state index >= 15 is 0 Å². The maximum atomic E-state index is 14.3. The van der Waals surface area contributed by atoms with Crippen molar-refractivity contribution in [1.82, 2.24) is 0 Å². The van der Waals surface area contributed by atoms with Gasteiger partial charge in [-0.3, -0.25) is 14.9 Å². The molecule has 0 heterocycles. The molecule has 0 saturated heterocycles. The Morgan fingerprint density at radius 3 is 1.91 bits per heavy atom. The van der Waals surface area contributed by atoms with Crippen LogP contribution in [0.2, 0.25) is 0 Å². The molecule has 0 aliphatic carbocycles. The number of non-ortho nitro benzene ring substituents is 1. The van der Waals surface area contributed by atoms with Crippen molar-refractivity contribution in [3.8, 4) is 0 Å². The molecule has 2 rings (SSSR count). The highest BCUT2D eigenvalue weighted by Gasteiger charge is 2.73. The average molecular weight is 510 g/mol. The maximum Gasteiger partial charge on any atom is 0.435 e. The molecule has 0 aromatic heterocycles. The number of benzene rings is 2. The van der Waals surface area contributed by atoms with Crippen LogP contribution in [0.5, 0.6) is 0 Å². The van der Waals surface area contributed by atoms with Gasteiger partial charge in [-0.15, -0.1) is 12.6 Å². The third kappa shape index (κ3) is 4.99. The monoisotopic (exact) mass is 510 g/mol. The number of carbonyl (C=O) groups excluding carboxylic acids is 1. The van der Waals surface area contributed by atoms with E-state index in [1.54, 1.807) is 5.32 Å². The molecule has 0 atom stereocenters. The molecule has 2 aromatic rings. The summed E-state index contributed by atoms with van der Waals surface area (Å²) in [4.78, 5) is 20.8. The maximum absolute atomic E-state index is 14.3. The lowest BCUT2D eigenvalue weighted by molar-refractivity contribution is -0.384. The lowest BCUT2D eigenvalue weighted by Gasteiger charge is -2.31. The van der Waals surface area contributed by atoms with E-state index < -0.39 is 74.1 Å². The lowest BCUT2D eigenvalue weighted by atomic mass is 9.91. The van der Waals surface area contributed by atoms with Crippen molar-refractivity contribution in [3.05, 3.63) is 63.2 Å². The lowest BCUT2D eigenvalue weighted by Crippen LogP contribution is -2.50. The van der Waals surface area contributed by atoms with Crippen molar-refractivity contribution < 1.29 is 53.6 Å². The van der Waals surface area contributed by atoms with Crippen LogP contribution < -0.4 is 5.32 Å². The van der Waals surface area contributed by atoms with E-state index in [4.69, 9.17) is 0 Å². The van der Waals surface area contributed by atoms with Gasteiger partial charge in [0.25, 0.3) is 11.6 Å². The second-order valence-corrected chi connectivity index (χ2v) is 6.81. The van der Waals surface area contributed by atoms with E-state index in [1.807, 2.05) is 0 Å². The van der Waals surface area contributed by atoms with Crippen molar-refractivity contribution >= 4 is 29.9 Å². The van der Waals surface area contributed by atoms with Crippen LogP contribution in [0.25, 0.3) is 0 Å². The Bertz CT molecular complexity index is 1080. The number of rotatable bonds is 4. The normalized spacial score (nSPS) is 13.1. The molecule has 0 aliphatic rings. The Morgan fingerprint density at radius 1 is 0.909 bits per heavy atom. The largest absolute Gasteiger partial charge is 0.435 e. The summed E-state index contributed by atoms with van der Waals surface area (Å²) < 4.78 is 132. The highest BCUT2D eigenvalue weighted by molar-refractivity contribution is 7.80. The van der Waals surface area contributed by atoms with Crippen LogP contribution in [-0.4, -0.2) is 23.2 Å². The minimum absolute atomic E-state index is 0.262. The second-order valence-electron chi connectivity index (χ2n) is 6.33. The zero-order valence-electron chi connectivity index (χ0n) is 15.4. The van der Waals surface area contributed by atoms with Gasteiger partial charge in [0, 0.05) is 28.2 Å². The molecule has 0 saturated carbocycles. The number of halogens is 10. The minimum Gasteiger partial charge on any atom is -0.320 e. The first kappa shape index (κ1) is 26.2. The van der Waals surface area contributed by atoms with Gasteiger partial charge in [0.15, 0.2) is 0 Å². The Kier molecular flexibility index (Phi) is 6.66. The summed E-state index contributed by atoms with van der Waals surface area (Å²) in [6, 6.07) is 2.50. The first-order chi connectivity index (χ1) is 14.8. The molecule has 0 fully saturated rings. The van der Waals surface area contributed by atoms with Crippen LogP contribution in [0.15, 0.2) is 41.3 Å². The summed E-state index contributed by atoms with van der Waals surface area (Å²) in [6.45, 7) is 0. The molecule has 0 radical (unpaired) electrons. The summed E-state index contributed by atoms with van der Waals surface area (Å²) in [5.41, 5.74) is -13.5. The molecular weight excluding hydrogens is 502 g/mol. The number of hydrogen-bond donors (Lipinski definition) is 2. The van der Waals surface area contributed by atoms with Crippen molar-refractivity contribution in [3.63, 3.8) is 0 Å². The standard InChI is InChI=1S/C17H8F10N2O3S/c18-14(16(22,23)24,17(25,26)27)8-5-10(15(19,20)21)12(11(33)6-8)28-13(30)7-2-1-3-9(4-7)29(31)32/h1-6,33H,(H,28,30). The molecule has 2 aromatic carbocycles. The Hall–Kier alpha value is -3.04. The van der Waals surface area contributed by atoms with Gasteiger partial charge in [0.05, 0.1) is 16.2 Å². The quantitative estimate of drug-likeness (QED) is 0.215. The van der Waals surface area contributed by atoms with Crippen molar-refractivity contribution in [2.24, 2.45) is 0 Å². The Morgan fingerprint density at radius 2 is 1.45 bits per heavy atom. The van der Waals surface area contributed by atoms with Crippen LogP contribution in [0.3, 0.4) is 0 Å². The van der Waals surface area contributed by atoms with Crippen LogP contribution >= 0.6 is 12.6 Å². The summed E-state index contributed by atoms with van der Waals surface area (Å²) in [5, 5.41) is 12.3. The van der Waals surface area contributed by atoms with Gasteiger partial charge in [0.2, 0.25) is 0 Å². The summed E-state index contributed by atoms with van der Waals surface area (Å²) in [5.74, 6) is -1.44. The zero-order valence-corrected chi connectivity index (χ0v) is 16.3. The number of amides is 1. The third-order valence-corrected chi connectivity index (χ3v) is 4.51. The minimum atomic E-state index is -6.69. The predicted octanol–water partition coefficient (Wildman–Crippen LogP) is 6.44. The summed E-state index contributed by atoms with van der Waals surface area (Å²) in [6.07, 6.45) is -19.1. The van der Waals surface area contributed by atoms with Gasteiger partial charge in [-0.2, -0.15) is 39.5 Å². The SMILES string of the molecule is O=C(Nc1c(S)cc(C(F)(C(F)(F)F)C(F)(F)F)cc1C(F)(F)F)c1cccc([N+](=O)[O-])c1. The number of thiol groups is 1. The number of nitrogens with zero attached hydrogens (tertiary/aromatic N) is 1. The predicted molar refractivity (Wildman–Crippen MR) is 94.6 cm³/mol. The van der Waals surface area contributed by atoms with Gasteiger partial charge < -0.3 is 5.32 Å². The molecule has 0 spiro atoms. The molecule has 1 N–H and O–H groups in total. The third-order valence-electron chi connectivity index (χ3n) is 4.16. The summed E-state index contributed by atoms with van der Waals surface area (Å²) in [7, 11) is 0. The van der Waals surface area contributed by atoms with Gasteiger partial charge >= 0.3 is 24.2 Å². The molecule has 1 amide bonds. The van der Waals surface area contributed by atoms with Gasteiger partial charge in [-0.05, 0) is 18.2 Å². The van der Waals surface area contributed by atoms with Crippen molar-refractivity contribution in [2.75, 3.05) is 5.32 Å². The van der Waals surface area contributed by atoms with Crippen LogP contribution in [-0.2, 0) is 11.8 Å². The fourth-order valence-electron chi connectivity index (χ4n) is 2.62. The number of alkyl halides is 10. The fourth-order valence-corrected chi connectivity index (χ4v) is 2.93. The van der Waals surface area contributed by atoms with Crippen LogP contribution in [0, 0.1) is 10.1 Å². The van der Waals surface area contributed by atoms with Crippen molar-refractivity contribution in [1.29, 1.82) is 0 Å². The van der Waals surface area contributed by atoms with Gasteiger partial charge in [-0.1, -0.05) is 6.07 Å². The first-order valence-corrected chi connectivity index (χ1v) is 8.58. The van der Waals surface area contributed by atoms with E-state index in [0.717, 1.165) is 18.2 Å². The van der Waals surface area contributed by atoms with E-state index in [2.05, 4.69) is 12.6 Å². The molecule has 0 unspecified atom stereocenters. The smallest absolute Gasteiger partial charge is 0.320 e. The topological polar surface area (TPSA) is 72.2 Å². The van der Waals surface area contributed by atoms with E-state index in [0.29, 0.717) is 6.07 Å². The summed E-state index contributed by atoms with van der Waals surface area (Å²) >= 11 is 3.41. The number of anilines is 1. The highest BCUT2D eigenvalue weighted by atomic mass is 32.1. The Balaban J connectivity index is 2.68. The number of carbonyl (C=O) groups is 1. The van der Waals surface area contributed by atoms with Gasteiger partial charge in [0.1, 0.15) is 0 Å². The number of nitro groups is 1. The van der Waals surface area contributed by atoms with E-state index in [1.165, 1.54) is 0 Å². The first-order valence-electron chi connectivity index (χ1n) is 8.13. The molecule has 33 heavy (non-hydrogen) atoms. The number of nitrogens with one attached hydrogen (secondary N) is 1. The molecule has 5 nitrogen and oxygen atoms in total. The average Bonchev–Trinajstić information content (AvgIpc) is 2.65. The zero-order chi connectivity index (χ0) is 25.6. The highest BCUT2D eigenvalue weighted by Crippen LogP contribution is 2.55. The Labute approximate surface area is 181 Å².